The number of carbonyl (C=O) groups is 3. The summed E-state index contributed by atoms with van der Waals surface area (Å²) < 4.78 is 0. The number of pyridine rings is 1. The molecule has 1 aliphatic rings. The van der Waals surface area contributed by atoms with Gasteiger partial charge >= 0.3 is 6.03 Å². The third-order valence-corrected chi connectivity index (χ3v) is 4.61. The lowest BCUT2D eigenvalue weighted by Gasteiger charge is -2.20. The summed E-state index contributed by atoms with van der Waals surface area (Å²) in [4.78, 5) is 42.2. The lowest BCUT2D eigenvalue weighted by Crippen LogP contribution is -2.42. The Bertz CT molecular complexity index is 871. The maximum absolute atomic E-state index is 12.7. The van der Waals surface area contributed by atoms with Crippen molar-refractivity contribution in [2.45, 2.75) is 12.5 Å². The fraction of sp³-hybridized carbons (Fsp3) is 0.176. The van der Waals surface area contributed by atoms with Crippen LogP contribution < -0.4 is 10.6 Å². The molecule has 4 amide bonds. The van der Waals surface area contributed by atoms with Crippen molar-refractivity contribution >= 4 is 46.7 Å². The molecule has 0 spiro atoms. The number of urea groups is 1. The first kappa shape index (κ1) is 18.2. The summed E-state index contributed by atoms with van der Waals surface area (Å²) in [5, 5.41) is 5.61. The Labute approximate surface area is 159 Å². The minimum absolute atomic E-state index is 0.223. The number of halogens is 2. The number of para-hydroxylation sites is 1. The van der Waals surface area contributed by atoms with E-state index < -0.39 is 29.9 Å². The molecule has 26 heavy (non-hydrogen) atoms. The summed E-state index contributed by atoms with van der Waals surface area (Å²) in [6, 6.07) is 9.13. The number of aromatic nitrogens is 1. The van der Waals surface area contributed by atoms with E-state index in [-0.39, 0.29) is 15.7 Å². The van der Waals surface area contributed by atoms with Crippen LogP contribution in [0.25, 0.3) is 0 Å². The van der Waals surface area contributed by atoms with Gasteiger partial charge in [-0.25, -0.2) is 4.79 Å². The number of imide groups is 1. The van der Waals surface area contributed by atoms with Gasteiger partial charge in [-0.2, -0.15) is 0 Å². The summed E-state index contributed by atoms with van der Waals surface area (Å²) in [6.45, 7) is 1.06. The maximum atomic E-state index is 12.7. The number of nitrogens with one attached hydrogen (secondary N) is 2. The summed E-state index contributed by atoms with van der Waals surface area (Å²) in [6.07, 6.45) is 1.52. The van der Waals surface area contributed by atoms with Gasteiger partial charge in [-0.05, 0) is 31.2 Å². The number of hydrogen-bond donors (Lipinski definition) is 2. The molecule has 2 aromatic rings. The molecule has 1 fully saturated rings. The molecular weight excluding hydrogens is 379 g/mol. The third-order valence-electron chi connectivity index (χ3n) is 3.98. The van der Waals surface area contributed by atoms with E-state index in [1.807, 2.05) is 0 Å². The minimum atomic E-state index is -1.33. The molecule has 2 N–H and O–H groups in total. The number of anilines is 1. The summed E-state index contributed by atoms with van der Waals surface area (Å²) in [5.74, 6) is -1.17. The molecule has 1 saturated heterocycles. The highest BCUT2D eigenvalue weighted by atomic mass is 35.5. The fourth-order valence-electron chi connectivity index (χ4n) is 2.61. The lowest BCUT2D eigenvalue weighted by atomic mass is 9.97. The summed E-state index contributed by atoms with van der Waals surface area (Å²) >= 11 is 12.0. The number of carbonyl (C=O) groups excluding carboxylic acids is 3. The Kier molecular flexibility index (Phi) is 4.84. The minimum Gasteiger partial charge on any atom is -0.322 e. The van der Waals surface area contributed by atoms with Gasteiger partial charge in [-0.15, -0.1) is 0 Å². The molecule has 3 rings (SSSR count). The normalized spacial score (nSPS) is 19.4. The van der Waals surface area contributed by atoms with E-state index in [1.165, 1.54) is 6.20 Å². The fourth-order valence-corrected chi connectivity index (χ4v) is 3.10. The molecular formula is C17H14Cl2N4O3. The van der Waals surface area contributed by atoms with E-state index in [0.29, 0.717) is 5.69 Å². The van der Waals surface area contributed by atoms with Crippen molar-refractivity contribution in [3.8, 4) is 0 Å². The Balaban J connectivity index is 1.77. The summed E-state index contributed by atoms with van der Waals surface area (Å²) in [7, 11) is 0. The van der Waals surface area contributed by atoms with Crippen LogP contribution in [0, 0.1) is 0 Å². The predicted molar refractivity (Wildman–Crippen MR) is 96.9 cm³/mol. The van der Waals surface area contributed by atoms with Crippen molar-refractivity contribution in [2.75, 3.05) is 11.9 Å². The zero-order valence-corrected chi connectivity index (χ0v) is 15.1. The Morgan fingerprint density at radius 2 is 1.88 bits per heavy atom. The van der Waals surface area contributed by atoms with Crippen LogP contribution in [0.4, 0.5) is 10.5 Å². The largest absolute Gasteiger partial charge is 0.325 e. The first-order valence-corrected chi connectivity index (χ1v) is 8.38. The molecule has 0 saturated carbocycles. The Hall–Kier alpha value is -2.64. The van der Waals surface area contributed by atoms with Crippen molar-refractivity contribution in [2.24, 2.45) is 0 Å². The predicted octanol–water partition coefficient (Wildman–Crippen LogP) is 2.79. The van der Waals surface area contributed by atoms with E-state index in [0.717, 1.165) is 4.90 Å². The molecule has 0 radical (unpaired) electrons. The Morgan fingerprint density at radius 1 is 1.19 bits per heavy atom. The van der Waals surface area contributed by atoms with Gasteiger partial charge in [0.25, 0.3) is 5.91 Å². The van der Waals surface area contributed by atoms with E-state index in [9.17, 15) is 14.4 Å². The van der Waals surface area contributed by atoms with Gasteiger partial charge in [-0.1, -0.05) is 35.3 Å². The number of rotatable bonds is 4. The van der Waals surface area contributed by atoms with Crippen molar-refractivity contribution in [1.82, 2.24) is 15.2 Å². The number of nitrogens with zero attached hydrogens (tertiary/aromatic N) is 2. The van der Waals surface area contributed by atoms with Gasteiger partial charge in [0.05, 0.1) is 21.4 Å². The van der Waals surface area contributed by atoms with E-state index in [4.69, 9.17) is 23.2 Å². The van der Waals surface area contributed by atoms with Gasteiger partial charge in [0.1, 0.15) is 6.54 Å². The topological polar surface area (TPSA) is 91.4 Å². The second-order valence-corrected chi connectivity index (χ2v) is 6.62. The first-order chi connectivity index (χ1) is 12.3. The second kappa shape index (κ2) is 6.93. The number of hydrogen-bond acceptors (Lipinski definition) is 4. The zero-order valence-electron chi connectivity index (χ0n) is 13.6. The van der Waals surface area contributed by atoms with Gasteiger partial charge in [0.15, 0.2) is 5.54 Å². The van der Waals surface area contributed by atoms with Crippen LogP contribution in [0.3, 0.4) is 0 Å². The van der Waals surface area contributed by atoms with Crippen molar-refractivity contribution < 1.29 is 14.4 Å². The molecule has 1 aromatic heterocycles. The SMILES string of the molecule is CC1(c2ccccn2)NC(=O)N(CC(=O)Nc2c(Cl)cccc2Cl)C1=O. The van der Waals surface area contributed by atoms with Gasteiger partial charge < -0.3 is 10.6 Å². The molecule has 7 nitrogen and oxygen atoms in total. The van der Waals surface area contributed by atoms with E-state index >= 15 is 0 Å². The number of benzene rings is 1. The van der Waals surface area contributed by atoms with Crippen molar-refractivity contribution in [3.05, 3.63) is 58.3 Å². The van der Waals surface area contributed by atoms with Crippen LogP contribution in [0.5, 0.6) is 0 Å². The van der Waals surface area contributed by atoms with Gasteiger partial charge in [-0.3, -0.25) is 19.5 Å². The standard InChI is InChI=1S/C17H14Cl2N4O3/c1-17(12-7-2-3-8-20-12)15(25)23(16(26)22-17)9-13(24)21-14-10(18)5-4-6-11(14)19/h2-8H,9H2,1H3,(H,21,24)(H,22,26). The molecule has 1 aromatic carbocycles. The highest BCUT2D eigenvalue weighted by molar-refractivity contribution is 6.39. The quantitative estimate of drug-likeness (QED) is 0.782. The smallest absolute Gasteiger partial charge is 0.322 e. The molecule has 1 unspecified atom stereocenters. The third kappa shape index (κ3) is 3.23. The monoisotopic (exact) mass is 392 g/mol. The highest BCUT2D eigenvalue weighted by Crippen LogP contribution is 2.30. The van der Waals surface area contributed by atoms with Crippen LogP contribution in [-0.2, 0) is 15.1 Å². The molecule has 0 aliphatic carbocycles. The highest BCUT2D eigenvalue weighted by Gasteiger charge is 2.50. The van der Waals surface area contributed by atoms with Crippen LogP contribution in [0.15, 0.2) is 42.6 Å². The molecule has 9 heteroatoms. The van der Waals surface area contributed by atoms with E-state index in [2.05, 4.69) is 15.6 Å². The zero-order chi connectivity index (χ0) is 18.9. The van der Waals surface area contributed by atoms with Crippen molar-refractivity contribution in [1.29, 1.82) is 0 Å². The second-order valence-electron chi connectivity index (χ2n) is 5.81. The van der Waals surface area contributed by atoms with Crippen LogP contribution >= 0.6 is 23.2 Å². The van der Waals surface area contributed by atoms with Crippen molar-refractivity contribution in [3.63, 3.8) is 0 Å². The molecule has 134 valence electrons. The summed E-state index contributed by atoms with van der Waals surface area (Å²) in [5.41, 5.74) is -0.725. The Morgan fingerprint density at radius 3 is 2.50 bits per heavy atom. The van der Waals surface area contributed by atoms with Crippen LogP contribution in [0.2, 0.25) is 10.0 Å². The van der Waals surface area contributed by atoms with Crippen LogP contribution in [0.1, 0.15) is 12.6 Å². The van der Waals surface area contributed by atoms with Crippen LogP contribution in [-0.4, -0.2) is 34.3 Å². The lowest BCUT2D eigenvalue weighted by molar-refractivity contribution is -0.133. The van der Waals surface area contributed by atoms with Gasteiger partial charge in [0, 0.05) is 6.20 Å². The number of amides is 4. The maximum Gasteiger partial charge on any atom is 0.325 e. The molecule has 1 aliphatic heterocycles. The van der Waals surface area contributed by atoms with Gasteiger partial charge in [0.2, 0.25) is 5.91 Å². The molecule has 0 bridgehead atoms. The average molecular weight is 393 g/mol. The molecule has 2 heterocycles. The average Bonchev–Trinajstić information content (AvgIpc) is 2.83. The first-order valence-electron chi connectivity index (χ1n) is 7.62. The molecule has 1 atom stereocenters. The van der Waals surface area contributed by atoms with E-state index in [1.54, 1.807) is 43.3 Å².